The van der Waals surface area contributed by atoms with Gasteiger partial charge < -0.3 is 5.73 Å². The summed E-state index contributed by atoms with van der Waals surface area (Å²) >= 11 is 0. The highest BCUT2D eigenvalue weighted by Crippen LogP contribution is 2.67. The monoisotopic (exact) mass is 422 g/mol. The number of hydrogen-bond donors (Lipinski definition) is 2. The van der Waals surface area contributed by atoms with Gasteiger partial charge in [-0.25, -0.2) is 28.1 Å². The number of hydrogen-bond acceptors (Lipinski definition) is 8. The number of nitrogen functional groups attached to an aromatic ring is 1. The number of sulfonamides is 1. The van der Waals surface area contributed by atoms with Gasteiger partial charge in [0, 0.05) is 11.1 Å². The van der Waals surface area contributed by atoms with Crippen molar-refractivity contribution in [2.45, 2.75) is 36.6 Å². The lowest BCUT2D eigenvalue weighted by atomic mass is 9.40. The minimum Gasteiger partial charge on any atom is -0.381 e. The van der Waals surface area contributed by atoms with E-state index in [1.54, 1.807) is 18.2 Å². The van der Waals surface area contributed by atoms with E-state index in [9.17, 15) is 8.42 Å². The fraction of sp³-hybridized carbons (Fsp3) is 0.316. The second-order valence-electron chi connectivity index (χ2n) is 8.09. The van der Waals surface area contributed by atoms with E-state index in [1.165, 1.54) is 23.5 Å². The average Bonchev–Trinajstić information content (AvgIpc) is 3.19. The molecule has 2 heterocycles. The van der Waals surface area contributed by atoms with Crippen molar-refractivity contribution < 1.29 is 8.42 Å². The molecule has 3 aromatic rings. The molecular formula is C19H18N8O2S. The average molecular weight is 422 g/mol. The molecule has 3 N–H and O–H groups in total. The summed E-state index contributed by atoms with van der Waals surface area (Å²) < 4.78 is 30.2. The van der Waals surface area contributed by atoms with Crippen LogP contribution >= 0.6 is 0 Å². The zero-order valence-corrected chi connectivity index (χ0v) is 16.9. The number of anilines is 1. The maximum atomic E-state index is 13.0. The third-order valence-electron chi connectivity index (χ3n) is 5.83. The van der Waals surface area contributed by atoms with Crippen molar-refractivity contribution in [2.75, 3.05) is 5.73 Å². The van der Waals surface area contributed by atoms with Crippen LogP contribution in [0.2, 0.25) is 0 Å². The van der Waals surface area contributed by atoms with Crippen LogP contribution in [-0.2, 0) is 10.0 Å². The fourth-order valence-corrected chi connectivity index (χ4v) is 5.83. The molecule has 152 valence electrons. The summed E-state index contributed by atoms with van der Waals surface area (Å²) in [6.45, 7) is 1.87. The highest BCUT2D eigenvalue weighted by molar-refractivity contribution is 7.89. The van der Waals surface area contributed by atoms with Gasteiger partial charge >= 0.3 is 0 Å². The Hall–Kier alpha value is -3.36. The first-order valence-electron chi connectivity index (χ1n) is 9.29. The molecule has 10 nitrogen and oxygen atoms in total. The van der Waals surface area contributed by atoms with E-state index in [-0.39, 0.29) is 16.1 Å². The van der Waals surface area contributed by atoms with Gasteiger partial charge in [-0.2, -0.15) is 15.0 Å². The number of benzene rings is 1. The second-order valence-corrected chi connectivity index (χ2v) is 9.77. The van der Waals surface area contributed by atoms with Crippen molar-refractivity contribution in [3.8, 4) is 23.1 Å². The molecule has 3 aliphatic rings. The summed E-state index contributed by atoms with van der Waals surface area (Å²) in [6, 6.07) is 7.16. The molecule has 0 amide bonds. The van der Waals surface area contributed by atoms with E-state index >= 15 is 0 Å². The van der Waals surface area contributed by atoms with Gasteiger partial charge in [-0.1, -0.05) is 6.07 Å². The van der Waals surface area contributed by atoms with Crippen LogP contribution in [0.15, 0.2) is 41.9 Å². The molecule has 0 atom stereocenters. The minimum absolute atomic E-state index is 0.139. The van der Waals surface area contributed by atoms with Crippen molar-refractivity contribution in [1.29, 1.82) is 5.26 Å². The van der Waals surface area contributed by atoms with Crippen LogP contribution in [0.1, 0.15) is 24.8 Å². The Kier molecular flexibility index (Phi) is 3.77. The van der Waals surface area contributed by atoms with E-state index in [0.717, 1.165) is 5.56 Å². The molecule has 6 rings (SSSR count). The second kappa shape index (κ2) is 6.07. The Balaban J connectivity index is 1.49. The molecule has 0 spiro atoms. The van der Waals surface area contributed by atoms with Crippen LogP contribution in [0, 0.1) is 23.7 Å². The van der Waals surface area contributed by atoms with Gasteiger partial charge in [0.05, 0.1) is 28.3 Å². The van der Waals surface area contributed by atoms with Crippen LogP contribution in [0.5, 0.6) is 0 Å². The first-order valence-corrected chi connectivity index (χ1v) is 10.8. The number of aryl methyl sites for hydroxylation is 1. The third-order valence-corrected chi connectivity index (χ3v) is 7.41. The standard InChI is InChI=1S/C19H18N8O2S/c1-12-2-3-13(30(28,29)26-19-6-18(7-19,8-19)9-20)4-14(12)15-5-23-16(21)17(25-15)27-11-22-10-24-27/h2-5,10-11,26H,6-8H2,1H3,(H2,21,23). The van der Waals surface area contributed by atoms with Gasteiger partial charge in [-0.15, -0.1) is 0 Å². The van der Waals surface area contributed by atoms with E-state index in [2.05, 4.69) is 30.8 Å². The van der Waals surface area contributed by atoms with Crippen LogP contribution < -0.4 is 10.5 Å². The molecule has 2 bridgehead atoms. The molecular weight excluding hydrogens is 404 g/mol. The maximum absolute atomic E-state index is 13.0. The number of aromatic nitrogens is 5. The molecule has 0 unspecified atom stereocenters. The Morgan fingerprint density at radius 3 is 2.73 bits per heavy atom. The zero-order valence-electron chi connectivity index (χ0n) is 16.1. The molecule has 0 saturated heterocycles. The predicted octanol–water partition coefficient (Wildman–Crippen LogP) is 1.34. The smallest absolute Gasteiger partial charge is 0.241 e. The first kappa shape index (κ1) is 18.7. The summed E-state index contributed by atoms with van der Waals surface area (Å²) in [6.07, 6.45) is 6.02. The zero-order chi connectivity index (χ0) is 21.1. The number of nitrogens with zero attached hydrogens (tertiary/aromatic N) is 6. The van der Waals surface area contributed by atoms with E-state index in [1.807, 2.05) is 6.92 Å². The minimum atomic E-state index is -3.74. The predicted molar refractivity (Wildman–Crippen MR) is 106 cm³/mol. The van der Waals surface area contributed by atoms with Gasteiger partial charge in [0.1, 0.15) is 12.7 Å². The summed E-state index contributed by atoms with van der Waals surface area (Å²) in [4.78, 5) is 12.7. The van der Waals surface area contributed by atoms with Gasteiger partial charge in [0.15, 0.2) is 11.6 Å². The lowest BCUT2D eigenvalue weighted by molar-refractivity contribution is -0.0946. The molecule has 3 saturated carbocycles. The van der Waals surface area contributed by atoms with Crippen molar-refractivity contribution in [1.82, 2.24) is 29.5 Å². The number of rotatable bonds is 5. The van der Waals surface area contributed by atoms with Crippen LogP contribution in [-0.4, -0.2) is 38.7 Å². The number of nitrogens with one attached hydrogen (secondary N) is 1. The normalized spacial score (nSPS) is 24.5. The van der Waals surface area contributed by atoms with E-state index in [4.69, 9.17) is 11.0 Å². The van der Waals surface area contributed by atoms with E-state index in [0.29, 0.717) is 36.3 Å². The lowest BCUT2D eigenvalue weighted by Gasteiger charge is -2.66. The Bertz CT molecular complexity index is 1290. The highest BCUT2D eigenvalue weighted by Gasteiger charge is 2.69. The summed E-state index contributed by atoms with van der Waals surface area (Å²) in [5.74, 6) is 0.494. The van der Waals surface area contributed by atoms with Crippen molar-refractivity contribution >= 4 is 15.8 Å². The van der Waals surface area contributed by atoms with Gasteiger partial charge in [-0.05, 0) is 43.9 Å². The SMILES string of the molecule is Cc1ccc(S(=O)(=O)NC23CC(C#N)(C2)C3)cc1-c1cnc(N)c(-n2cncn2)n1. The Morgan fingerprint density at radius 2 is 2.07 bits per heavy atom. The van der Waals surface area contributed by atoms with Gasteiger partial charge in [0.25, 0.3) is 0 Å². The van der Waals surface area contributed by atoms with E-state index < -0.39 is 15.6 Å². The van der Waals surface area contributed by atoms with Crippen LogP contribution in [0.25, 0.3) is 17.1 Å². The summed E-state index contributed by atoms with van der Waals surface area (Å²) in [5.41, 5.74) is 7.04. The van der Waals surface area contributed by atoms with Crippen LogP contribution in [0.3, 0.4) is 0 Å². The topological polar surface area (TPSA) is 152 Å². The van der Waals surface area contributed by atoms with Crippen molar-refractivity contribution in [3.05, 3.63) is 42.6 Å². The molecule has 3 fully saturated rings. The molecule has 2 aromatic heterocycles. The lowest BCUT2D eigenvalue weighted by Crippen LogP contribution is -2.74. The Morgan fingerprint density at radius 1 is 1.30 bits per heavy atom. The Labute approximate surface area is 172 Å². The number of nitrogens with two attached hydrogens (primary N) is 1. The summed E-state index contributed by atoms with van der Waals surface area (Å²) in [5, 5.41) is 13.2. The molecule has 1 aromatic carbocycles. The molecule has 30 heavy (non-hydrogen) atoms. The highest BCUT2D eigenvalue weighted by atomic mass is 32.2. The first-order chi connectivity index (χ1) is 14.2. The number of nitriles is 1. The van der Waals surface area contributed by atoms with Gasteiger partial charge in [-0.3, -0.25) is 0 Å². The molecule has 0 aliphatic heterocycles. The molecule has 0 radical (unpaired) electrons. The maximum Gasteiger partial charge on any atom is 0.241 e. The molecule has 11 heteroatoms. The van der Waals surface area contributed by atoms with Gasteiger partial charge in [0.2, 0.25) is 10.0 Å². The summed E-state index contributed by atoms with van der Waals surface area (Å²) in [7, 11) is -3.74. The largest absolute Gasteiger partial charge is 0.381 e. The quantitative estimate of drug-likeness (QED) is 0.625. The van der Waals surface area contributed by atoms with Crippen molar-refractivity contribution in [2.24, 2.45) is 5.41 Å². The van der Waals surface area contributed by atoms with Crippen molar-refractivity contribution in [3.63, 3.8) is 0 Å². The van der Waals surface area contributed by atoms with Crippen LogP contribution in [0.4, 0.5) is 5.82 Å². The third kappa shape index (κ3) is 2.76. The fourth-order valence-electron chi connectivity index (χ4n) is 4.41. The molecule has 3 aliphatic carbocycles.